The molecule has 0 bridgehead atoms. The average molecular weight is 327 g/mol. The van der Waals surface area contributed by atoms with Gasteiger partial charge in [0.15, 0.2) is 0 Å². The Labute approximate surface area is 139 Å². The van der Waals surface area contributed by atoms with Crippen molar-refractivity contribution >= 4 is 17.6 Å². The van der Waals surface area contributed by atoms with E-state index in [0.717, 1.165) is 5.56 Å². The third-order valence-corrected chi connectivity index (χ3v) is 4.17. The number of alkyl halides is 1. The number of benzene rings is 2. The molecule has 0 fully saturated rings. The van der Waals surface area contributed by atoms with Crippen LogP contribution in [0.25, 0.3) is 0 Å². The highest BCUT2D eigenvalue weighted by atomic mass is 19.1. The Morgan fingerprint density at radius 3 is 2.54 bits per heavy atom. The predicted molar refractivity (Wildman–Crippen MR) is 89.3 cm³/mol. The van der Waals surface area contributed by atoms with Gasteiger partial charge in [-0.25, -0.2) is 9.18 Å². The van der Waals surface area contributed by atoms with Crippen LogP contribution in [0.3, 0.4) is 0 Å². The maximum Gasteiger partial charge on any atom is 0.312 e. The summed E-state index contributed by atoms with van der Waals surface area (Å²) in [7, 11) is 0. The molecule has 1 heterocycles. The van der Waals surface area contributed by atoms with Crippen LogP contribution in [0, 0.1) is 0 Å². The highest BCUT2D eigenvalue weighted by Gasteiger charge is 2.37. The number of hydrogen-bond donors (Lipinski definition) is 2. The van der Waals surface area contributed by atoms with Gasteiger partial charge in [0.1, 0.15) is 12.7 Å². The number of nitrogens with one attached hydrogen (secondary N) is 1. The summed E-state index contributed by atoms with van der Waals surface area (Å²) in [4.78, 5) is 25.5. The second-order valence-corrected chi connectivity index (χ2v) is 5.68. The molecule has 0 spiro atoms. The van der Waals surface area contributed by atoms with Crippen molar-refractivity contribution in [3.63, 3.8) is 0 Å². The molecule has 0 aromatic heterocycles. The number of rotatable bonds is 4. The van der Waals surface area contributed by atoms with Crippen molar-refractivity contribution in [2.45, 2.75) is 18.5 Å². The van der Waals surface area contributed by atoms with Crippen molar-refractivity contribution in [1.82, 2.24) is 5.32 Å². The van der Waals surface area contributed by atoms with E-state index in [-0.39, 0.29) is 5.91 Å². The fourth-order valence-corrected chi connectivity index (χ4v) is 3.10. The fourth-order valence-electron chi connectivity index (χ4n) is 3.10. The number of fused-ring (bicyclic) bond motifs is 1. The standard InChI is InChI=1S/C18H18FN3O2/c19-11-16(12-6-2-1-3-7-12)22-15-9-5-4-8-13(15)10-14(17(22)23)21-18(20)24/h1-9,14,16H,10-11H2,(H3,20,21,24)/t14-,16+/m1/s1. The van der Waals surface area contributed by atoms with Crippen LogP contribution in [0.1, 0.15) is 17.2 Å². The van der Waals surface area contributed by atoms with E-state index < -0.39 is 24.8 Å². The van der Waals surface area contributed by atoms with E-state index in [1.807, 2.05) is 18.2 Å². The molecule has 2 aromatic rings. The van der Waals surface area contributed by atoms with Crippen LogP contribution in [0.15, 0.2) is 54.6 Å². The third kappa shape index (κ3) is 2.95. The van der Waals surface area contributed by atoms with Gasteiger partial charge in [-0.2, -0.15) is 0 Å². The second-order valence-electron chi connectivity index (χ2n) is 5.68. The number of carbonyl (C=O) groups excluding carboxylic acids is 2. The zero-order chi connectivity index (χ0) is 17.1. The van der Waals surface area contributed by atoms with Gasteiger partial charge in [0.05, 0.1) is 6.04 Å². The summed E-state index contributed by atoms with van der Waals surface area (Å²) in [5.41, 5.74) is 7.40. The summed E-state index contributed by atoms with van der Waals surface area (Å²) >= 11 is 0. The van der Waals surface area contributed by atoms with Crippen LogP contribution >= 0.6 is 0 Å². The van der Waals surface area contributed by atoms with Crippen LogP contribution in [0.4, 0.5) is 14.9 Å². The number of primary amides is 1. The molecule has 0 saturated heterocycles. The first-order chi connectivity index (χ1) is 11.6. The van der Waals surface area contributed by atoms with Gasteiger partial charge in [0, 0.05) is 12.1 Å². The van der Waals surface area contributed by atoms with E-state index >= 15 is 0 Å². The summed E-state index contributed by atoms with van der Waals surface area (Å²) in [5.74, 6) is -0.362. The van der Waals surface area contributed by atoms with Gasteiger partial charge in [-0.15, -0.1) is 0 Å². The molecule has 3 amide bonds. The molecule has 0 unspecified atom stereocenters. The zero-order valence-corrected chi connectivity index (χ0v) is 13.0. The monoisotopic (exact) mass is 327 g/mol. The minimum absolute atomic E-state index is 0.336. The van der Waals surface area contributed by atoms with E-state index in [1.165, 1.54) is 4.90 Å². The SMILES string of the molecule is NC(=O)N[C@@H]1Cc2ccccc2N([C@@H](CF)c2ccccc2)C1=O. The number of hydrogen-bond acceptors (Lipinski definition) is 2. The Morgan fingerprint density at radius 1 is 1.21 bits per heavy atom. The lowest BCUT2D eigenvalue weighted by atomic mass is 9.94. The first-order valence-electron chi connectivity index (χ1n) is 7.69. The Morgan fingerprint density at radius 2 is 1.88 bits per heavy atom. The highest BCUT2D eigenvalue weighted by molar-refractivity contribution is 6.02. The number of urea groups is 1. The first-order valence-corrected chi connectivity index (χ1v) is 7.69. The molecule has 2 aromatic carbocycles. The lowest BCUT2D eigenvalue weighted by Crippen LogP contribution is -2.55. The fraction of sp³-hybridized carbons (Fsp3) is 0.222. The summed E-state index contributed by atoms with van der Waals surface area (Å²) in [6, 6.07) is 14.0. The molecule has 5 nitrogen and oxygen atoms in total. The third-order valence-electron chi connectivity index (χ3n) is 4.17. The number of nitrogens with zero attached hydrogens (tertiary/aromatic N) is 1. The van der Waals surface area contributed by atoms with Crippen molar-refractivity contribution < 1.29 is 14.0 Å². The summed E-state index contributed by atoms with van der Waals surface area (Å²) in [6.07, 6.45) is 0.336. The molecule has 2 atom stereocenters. The van der Waals surface area contributed by atoms with E-state index in [1.54, 1.807) is 36.4 Å². The molecule has 3 rings (SSSR count). The number of anilines is 1. The van der Waals surface area contributed by atoms with Crippen molar-refractivity contribution in [3.05, 3.63) is 65.7 Å². The van der Waals surface area contributed by atoms with Crippen LogP contribution in [-0.2, 0) is 11.2 Å². The quantitative estimate of drug-likeness (QED) is 0.904. The van der Waals surface area contributed by atoms with Gasteiger partial charge in [-0.05, 0) is 17.2 Å². The number of amides is 3. The lowest BCUT2D eigenvalue weighted by Gasteiger charge is -2.38. The van der Waals surface area contributed by atoms with Gasteiger partial charge in [-0.1, -0.05) is 48.5 Å². The minimum atomic E-state index is -0.796. The van der Waals surface area contributed by atoms with Crippen molar-refractivity contribution in [1.29, 1.82) is 0 Å². The van der Waals surface area contributed by atoms with Gasteiger partial charge >= 0.3 is 6.03 Å². The Balaban J connectivity index is 2.06. The maximum absolute atomic E-state index is 13.9. The molecule has 6 heteroatoms. The Hall–Kier alpha value is -2.89. The molecular weight excluding hydrogens is 309 g/mol. The van der Waals surface area contributed by atoms with Gasteiger partial charge in [-0.3, -0.25) is 4.79 Å². The van der Waals surface area contributed by atoms with E-state index in [9.17, 15) is 14.0 Å². The average Bonchev–Trinajstić information content (AvgIpc) is 2.59. The van der Waals surface area contributed by atoms with E-state index in [2.05, 4.69) is 5.32 Å². The molecule has 0 aliphatic carbocycles. The minimum Gasteiger partial charge on any atom is -0.352 e. The molecule has 1 aliphatic heterocycles. The molecule has 1 aliphatic rings. The molecule has 24 heavy (non-hydrogen) atoms. The Kier molecular flexibility index (Phi) is 4.46. The number of nitrogens with two attached hydrogens (primary N) is 1. The van der Waals surface area contributed by atoms with Crippen LogP contribution in [-0.4, -0.2) is 24.7 Å². The molecule has 124 valence electrons. The maximum atomic E-state index is 13.9. The smallest absolute Gasteiger partial charge is 0.312 e. The van der Waals surface area contributed by atoms with Crippen LogP contribution in [0.2, 0.25) is 0 Å². The molecular formula is C18H18FN3O2. The highest BCUT2D eigenvalue weighted by Crippen LogP contribution is 2.35. The summed E-state index contributed by atoms with van der Waals surface area (Å²) in [6.45, 7) is -0.729. The summed E-state index contributed by atoms with van der Waals surface area (Å²) < 4.78 is 13.9. The molecule has 0 saturated carbocycles. The Bertz CT molecular complexity index is 751. The number of carbonyl (C=O) groups is 2. The lowest BCUT2D eigenvalue weighted by molar-refractivity contribution is -0.121. The summed E-state index contributed by atoms with van der Waals surface area (Å²) in [5, 5.41) is 2.46. The van der Waals surface area contributed by atoms with Crippen molar-refractivity contribution in [2.75, 3.05) is 11.6 Å². The normalized spacial score (nSPS) is 18.0. The van der Waals surface area contributed by atoms with E-state index in [0.29, 0.717) is 17.7 Å². The zero-order valence-electron chi connectivity index (χ0n) is 13.0. The van der Waals surface area contributed by atoms with Gasteiger partial charge in [0.25, 0.3) is 5.91 Å². The largest absolute Gasteiger partial charge is 0.352 e. The molecule has 3 N–H and O–H groups in total. The van der Waals surface area contributed by atoms with Crippen LogP contribution < -0.4 is 16.0 Å². The van der Waals surface area contributed by atoms with Crippen molar-refractivity contribution in [3.8, 4) is 0 Å². The first kappa shape index (κ1) is 16.0. The molecule has 0 radical (unpaired) electrons. The van der Waals surface area contributed by atoms with E-state index in [4.69, 9.17) is 5.73 Å². The van der Waals surface area contributed by atoms with Gasteiger partial charge in [0.2, 0.25) is 0 Å². The topological polar surface area (TPSA) is 75.4 Å². The predicted octanol–water partition coefficient (Wildman–Crippen LogP) is 2.32. The van der Waals surface area contributed by atoms with Crippen LogP contribution in [0.5, 0.6) is 0 Å². The van der Waals surface area contributed by atoms with Crippen molar-refractivity contribution in [2.24, 2.45) is 5.73 Å². The van der Waals surface area contributed by atoms with Gasteiger partial charge < -0.3 is 16.0 Å². The number of para-hydroxylation sites is 1. The number of halogens is 1. The second kappa shape index (κ2) is 6.70.